The molecule has 2 rings (SSSR count). The Morgan fingerprint density at radius 1 is 1.40 bits per heavy atom. The van der Waals surface area contributed by atoms with Crippen molar-refractivity contribution in [3.63, 3.8) is 0 Å². The predicted molar refractivity (Wildman–Crippen MR) is 98.5 cm³/mol. The van der Waals surface area contributed by atoms with Crippen molar-refractivity contribution in [1.29, 1.82) is 0 Å². The second kappa shape index (κ2) is 9.27. The number of furan rings is 1. The molecule has 0 aliphatic heterocycles. The molecule has 0 aliphatic rings. The first-order valence-electron chi connectivity index (χ1n) is 8.79. The van der Waals surface area contributed by atoms with Crippen molar-refractivity contribution in [2.75, 3.05) is 19.6 Å². The lowest BCUT2D eigenvalue weighted by Crippen LogP contribution is -2.39. The number of aliphatic imine (C=N–C) groups is 1. The molecule has 7 nitrogen and oxygen atoms in total. The van der Waals surface area contributed by atoms with Gasteiger partial charge in [-0.05, 0) is 45.7 Å². The van der Waals surface area contributed by atoms with Gasteiger partial charge in [0.05, 0.1) is 12.8 Å². The molecule has 0 radical (unpaired) electrons. The molecule has 2 aromatic heterocycles. The van der Waals surface area contributed by atoms with Gasteiger partial charge in [-0.2, -0.15) is 0 Å². The summed E-state index contributed by atoms with van der Waals surface area (Å²) in [5.74, 6) is 2.26. The lowest BCUT2D eigenvalue weighted by Gasteiger charge is -2.19. The third-order valence-electron chi connectivity index (χ3n) is 3.98. The van der Waals surface area contributed by atoms with Gasteiger partial charge in [-0.3, -0.25) is 0 Å². The largest absolute Gasteiger partial charge is 0.466 e. The van der Waals surface area contributed by atoms with Gasteiger partial charge < -0.3 is 24.7 Å². The lowest BCUT2D eigenvalue weighted by molar-refractivity contribution is 0.0437. The van der Waals surface area contributed by atoms with Crippen molar-refractivity contribution in [2.24, 2.45) is 4.99 Å². The fraction of sp³-hybridized carbons (Fsp3) is 0.556. The number of aromatic nitrogens is 2. The van der Waals surface area contributed by atoms with Crippen LogP contribution in [0.15, 0.2) is 40.2 Å². The Bertz CT molecular complexity index is 646. The highest BCUT2D eigenvalue weighted by Gasteiger charge is 2.25. The predicted octanol–water partition coefficient (Wildman–Crippen LogP) is 2.03. The summed E-state index contributed by atoms with van der Waals surface area (Å²) in [5.41, 5.74) is -1.12. The number of hydrogen-bond acceptors (Lipinski definition) is 4. The van der Waals surface area contributed by atoms with E-state index >= 15 is 0 Å². The maximum Gasteiger partial charge on any atom is 0.191 e. The first-order valence-corrected chi connectivity index (χ1v) is 8.79. The maximum atomic E-state index is 10.5. The Morgan fingerprint density at radius 3 is 2.88 bits per heavy atom. The van der Waals surface area contributed by atoms with Gasteiger partial charge in [0.2, 0.25) is 0 Å². The highest BCUT2D eigenvalue weighted by Crippen LogP contribution is 2.20. The van der Waals surface area contributed by atoms with E-state index in [-0.39, 0.29) is 6.54 Å². The fourth-order valence-electron chi connectivity index (χ4n) is 2.49. The molecule has 0 aromatic carbocycles. The van der Waals surface area contributed by atoms with Crippen molar-refractivity contribution in [3.05, 3.63) is 42.4 Å². The summed E-state index contributed by atoms with van der Waals surface area (Å²) in [6.45, 7) is 8.51. The Morgan fingerprint density at radius 2 is 2.24 bits per heavy atom. The second-order valence-electron chi connectivity index (χ2n) is 6.25. The van der Waals surface area contributed by atoms with E-state index in [1.165, 1.54) is 0 Å². The van der Waals surface area contributed by atoms with E-state index in [4.69, 9.17) is 4.42 Å². The van der Waals surface area contributed by atoms with Crippen molar-refractivity contribution in [3.8, 4) is 0 Å². The molecule has 1 unspecified atom stereocenters. The zero-order valence-electron chi connectivity index (χ0n) is 15.3. The van der Waals surface area contributed by atoms with Crippen molar-refractivity contribution < 1.29 is 9.52 Å². The van der Waals surface area contributed by atoms with E-state index in [1.807, 2.05) is 26.2 Å². The van der Waals surface area contributed by atoms with Crippen molar-refractivity contribution in [2.45, 2.75) is 45.8 Å². The zero-order chi connectivity index (χ0) is 18.1. The van der Waals surface area contributed by atoms with Crippen molar-refractivity contribution >= 4 is 5.96 Å². The average Bonchev–Trinajstić information content (AvgIpc) is 3.25. The number of nitrogens with zero attached hydrogens (tertiary/aromatic N) is 3. The Balaban J connectivity index is 1.76. The molecule has 0 bridgehead atoms. The number of nitrogens with one attached hydrogen (secondary N) is 2. The summed E-state index contributed by atoms with van der Waals surface area (Å²) < 4.78 is 7.43. The molecule has 3 N–H and O–H groups in total. The van der Waals surface area contributed by atoms with Crippen LogP contribution in [0.5, 0.6) is 0 Å². The number of rotatable bonds is 9. The highest BCUT2D eigenvalue weighted by molar-refractivity contribution is 5.79. The summed E-state index contributed by atoms with van der Waals surface area (Å²) in [6, 6.07) is 3.52. The number of imidazole rings is 1. The van der Waals surface area contributed by atoms with Crippen molar-refractivity contribution in [1.82, 2.24) is 20.2 Å². The van der Waals surface area contributed by atoms with Gasteiger partial charge in [0, 0.05) is 32.0 Å². The summed E-state index contributed by atoms with van der Waals surface area (Å²) in [4.78, 5) is 8.70. The van der Waals surface area contributed by atoms with Gasteiger partial charge in [0.15, 0.2) is 5.96 Å². The number of aliphatic hydroxyl groups is 1. The van der Waals surface area contributed by atoms with E-state index in [0.717, 1.165) is 38.3 Å². The van der Waals surface area contributed by atoms with Gasteiger partial charge in [-0.25, -0.2) is 9.98 Å². The Labute approximate surface area is 149 Å². The van der Waals surface area contributed by atoms with Crippen LogP contribution in [0, 0.1) is 6.92 Å². The first kappa shape index (κ1) is 19.1. The van der Waals surface area contributed by atoms with Gasteiger partial charge in [0.25, 0.3) is 0 Å². The monoisotopic (exact) mass is 347 g/mol. The minimum atomic E-state index is -1.12. The first-order chi connectivity index (χ1) is 12.0. The van der Waals surface area contributed by atoms with Gasteiger partial charge in [-0.1, -0.05) is 0 Å². The van der Waals surface area contributed by atoms with E-state index in [2.05, 4.69) is 25.2 Å². The number of guanidine groups is 1. The summed E-state index contributed by atoms with van der Waals surface area (Å²) in [5, 5.41) is 17.0. The molecule has 0 saturated carbocycles. The van der Waals surface area contributed by atoms with Crippen LogP contribution in [-0.2, 0) is 12.1 Å². The van der Waals surface area contributed by atoms with Crippen LogP contribution in [0.1, 0.15) is 38.3 Å². The summed E-state index contributed by atoms with van der Waals surface area (Å²) >= 11 is 0. The molecule has 138 valence electrons. The van der Waals surface area contributed by atoms with Crippen LogP contribution in [0.3, 0.4) is 0 Å². The Hall–Kier alpha value is -2.28. The van der Waals surface area contributed by atoms with Crippen LogP contribution in [-0.4, -0.2) is 40.3 Å². The summed E-state index contributed by atoms with van der Waals surface area (Å²) in [7, 11) is 0. The van der Waals surface area contributed by atoms with Gasteiger partial charge in [-0.15, -0.1) is 0 Å². The normalized spacial score (nSPS) is 14.3. The smallest absolute Gasteiger partial charge is 0.191 e. The zero-order valence-corrected chi connectivity index (χ0v) is 15.3. The molecule has 7 heteroatoms. The molecule has 2 heterocycles. The lowest BCUT2D eigenvalue weighted by atomic mass is 10.0. The second-order valence-corrected chi connectivity index (χ2v) is 6.25. The van der Waals surface area contributed by atoms with Crippen LogP contribution < -0.4 is 10.6 Å². The van der Waals surface area contributed by atoms with E-state index in [0.29, 0.717) is 11.7 Å². The van der Waals surface area contributed by atoms with Gasteiger partial charge in [0.1, 0.15) is 17.2 Å². The van der Waals surface area contributed by atoms with E-state index in [1.54, 1.807) is 25.3 Å². The minimum Gasteiger partial charge on any atom is -0.466 e. The van der Waals surface area contributed by atoms with Crippen LogP contribution in [0.4, 0.5) is 0 Å². The SMILES string of the molecule is CCNC(=NCC(C)(O)c1ccco1)NCCCCn1ccnc1C. The molecule has 0 aliphatic carbocycles. The highest BCUT2D eigenvalue weighted by atomic mass is 16.4. The van der Waals surface area contributed by atoms with Crippen LogP contribution in [0.2, 0.25) is 0 Å². The average molecular weight is 347 g/mol. The maximum absolute atomic E-state index is 10.5. The molecule has 1 atom stereocenters. The Kier molecular flexibility index (Phi) is 7.06. The summed E-state index contributed by atoms with van der Waals surface area (Å²) in [6.07, 6.45) is 7.47. The minimum absolute atomic E-state index is 0.226. The van der Waals surface area contributed by atoms with Crippen LogP contribution in [0.25, 0.3) is 0 Å². The topological polar surface area (TPSA) is 87.6 Å². The van der Waals surface area contributed by atoms with Crippen LogP contribution >= 0.6 is 0 Å². The standard InChI is InChI=1S/C18H29N5O2/c1-4-19-17(22-14-18(3,24)16-8-7-13-25-16)21-9-5-6-11-23-12-10-20-15(23)2/h7-8,10,12-13,24H,4-6,9,11,14H2,1-3H3,(H2,19,21,22). The molecule has 0 saturated heterocycles. The third-order valence-corrected chi connectivity index (χ3v) is 3.98. The molecule has 25 heavy (non-hydrogen) atoms. The quantitative estimate of drug-likeness (QED) is 0.367. The van der Waals surface area contributed by atoms with Gasteiger partial charge >= 0.3 is 0 Å². The number of unbranched alkanes of at least 4 members (excludes halogenated alkanes) is 1. The third kappa shape index (κ3) is 5.94. The molecule has 2 aromatic rings. The van der Waals surface area contributed by atoms with E-state index in [9.17, 15) is 5.11 Å². The molecule has 0 fully saturated rings. The molecule has 0 spiro atoms. The molecular weight excluding hydrogens is 318 g/mol. The molecule has 0 amide bonds. The fourth-order valence-corrected chi connectivity index (χ4v) is 2.49. The number of aryl methyl sites for hydroxylation is 2. The number of hydrogen-bond donors (Lipinski definition) is 3. The molecular formula is C18H29N5O2. The van der Waals surface area contributed by atoms with E-state index < -0.39 is 5.60 Å².